The molecule has 4 atom stereocenters. The summed E-state index contributed by atoms with van der Waals surface area (Å²) >= 11 is 0. The summed E-state index contributed by atoms with van der Waals surface area (Å²) in [5, 5.41) is 0. The monoisotopic (exact) mass is 532 g/mol. The van der Waals surface area contributed by atoms with Crippen LogP contribution in [0.2, 0.25) is 0 Å². The third-order valence-electron chi connectivity index (χ3n) is 5.97. The van der Waals surface area contributed by atoms with Crippen LogP contribution in [0.1, 0.15) is 44.4 Å². The van der Waals surface area contributed by atoms with Gasteiger partial charge in [0, 0.05) is 0 Å². The Morgan fingerprint density at radius 2 is 1.05 bits per heavy atom. The Morgan fingerprint density at radius 1 is 0.615 bits per heavy atom. The summed E-state index contributed by atoms with van der Waals surface area (Å²) in [5.41, 5.74) is 0.849. The minimum Gasteiger partial charge on any atom is -0.466 e. The molecule has 202 valence electrons. The SMILES string of the molecule is CCOC(=O)C[C@@H]1O[C@H](COC(=O)c2ccccc2)[C@@H](OC(=O)c2ccccc2)[C@H]1OC(=O)c1ccccc1. The lowest BCUT2D eigenvalue weighted by Gasteiger charge is -2.24. The number of carbonyl (C=O) groups excluding carboxylic acids is 4. The fourth-order valence-corrected chi connectivity index (χ4v) is 4.12. The number of benzene rings is 3. The Morgan fingerprint density at radius 3 is 1.51 bits per heavy atom. The highest BCUT2D eigenvalue weighted by Crippen LogP contribution is 2.31. The Bertz CT molecular complexity index is 1260. The molecule has 0 aliphatic carbocycles. The molecule has 1 fully saturated rings. The molecule has 0 radical (unpaired) electrons. The van der Waals surface area contributed by atoms with Crippen molar-refractivity contribution in [2.45, 2.75) is 37.8 Å². The van der Waals surface area contributed by atoms with Crippen LogP contribution in [-0.2, 0) is 28.5 Å². The predicted octanol–water partition coefficient (Wildman–Crippen LogP) is 4.02. The molecule has 0 aromatic heterocycles. The van der Waals surface area contributed by atoms with Crippen molar-refractivity contribution >= 4 is 23.9 Å². The molecular formula is C30H28O9. The average Bonchev–Trinajstić information content (AvgIpc) is 3.27. The van der Waals surface area contributed by atoms with Gasteiger partial charge in [-0.3, -0.25) is 4.79 Å². The van der Waals surface area contributed by atoms with Crippen molar-refractivity contribution in [1.29, 1.82) is 0 Å². The molecular weight excluding hydrogens is 504 g/mol. The highest BCUT2D eigenvalue weighted by molar-refractivity contribution is 5.91. The van der Waals surface area contributed by atoms with Crippen LogP contribution in [0.25, 0.3) is 0 Å². The Balaban J connectivity index is 1.60. The van der Waals surface area contributed by atoms with E-state index >= 15 is 0 Å². The molecule has 0 spiro atoms. The minimum atomic E-state index is -1.19. The Kier molecular flexibility index (Phi) is 9.42. The summed E-state index contributed by atoms with van der Waals surface area (Å²) < 4.78 is 28.1. The summed E-state index contributed by atoms with van der Waals surface area (Å²) in [5.74, 6) is -2.58. The second kappa shape index (κ2) is 13.3. The second-order valence-corrected chi connectivity index (χ2v) is 8.66. The van der Waals surface area contributed by atoms with Crippen molar-refractivity contribution in [3.05, 3.63) is 108 Å². The molecule has 1 heterocycles. The molecule has 3 aromatic carbocycles. The van der Waals surface area contributed by atoms with Gasteiger partial charge in [-0.1, -0.05) is 54.6 Å². The number of hydrogen-bond donors (Lipinski definition) is 0. The van der Waals surface area contributed by atoms with E-state index in [1.807, 2.05) is 0 Å². The molecule has 39 heavy (non-hydrogen) atoms. The van der Waals surface area contributed by atoms with Crippen LogP contribution in [0, 0.1) is 0 Å². The van der Waals surface area contributed by atoms with Crippen molar-refractivity contribution in [3.8, 4) is 0 Å². The van der Waals surface area contributed by atoms with Gasteiger partial charge < -0.3 is 23.7 Å². The normalized spacial score (nSPS) is 20.0. The summed E-state index contributed by atoms with van der Waals surface area (Å²) in [6.07, 6.45) is -4.70. The molecule has 1 saturated heterocycles. The largest absolute Gasteiger partial charge is 0.466 e. The lowest BCUT2D eigenvalue weighted by Crippen LogP contribution is -2.42. The maximum atomic E-state index is 13.0. The lowest BCUT2D eigenvalue weighted by molar-refractivity contribution is -0.147. The van der Waals surface area contributed by atoms with E-state index in [0.717, 1.165) is 0 Å². The summed E-state index contributed by atoms with van der Waals surface area (Å²) in [6, 6.07) is 24.9. The molecule has 0 amide bonds. The fourth-order valence-electron chi connectivity index (χ4n) is 4.12. The van der Waals surface area contributed by atoms with E-state index in [0.29, 0.717) is 5.56 Å². The van der Waals surface area contributed by atoms with E-state index in [2.05, 4.69) is 0 Å². The zero-order valence-electron chi connectivity index (χ0n) is 21.3. The Labute approximate surface area is 225 Å². The molecule has 1 aliphatic rings. The van der Waals surface area contributed by atoms with Gasteiger partial charge in [-0.15, -0.1) is 0 Å². The van der Waals surface area contributed by atoms with E-state index in [-0.39, 0.29) is 30.8 Å². The summed E-state index contributed by atoms with van der Waals surface area (Å²) in [4.78, 5) is 51.0. The van der Waals surface area contributed by atoms with E-state index in [9.17, 15) is 19.2 Å². The summed E-state index contributed by atoms with van der Waals surface area (Å²) in [6.45, 7) is 1.49. The smallest absolute Gasteiger partial charge is 0.338 e. The van der Waals surface area contributed by atoms with Gasteiger partial charge in [-0.2, -0.15) is 0 Å². The standard InChI is InChI=1S/C30H28O9/c1-2-35-25(31)18-23-26(38-29(33)21-14-8-4-9-15-21)27(39-30(34)22-16-10-5-11-17-22)24(37-23)19-36-28(32)20-12-6-3-7-13-20/h3-17,23-24,26-27H,2,18-19H2,1H3/t23-,24+,26-,27+/m0/s1. The average molecular weight is 533 g/mol. The maximum absolute atomic E-state index is 13.0. The molecule has 0 unspecified atom stereocenters. The minimum absolute atomic E-state index is 0.143. The highest BCUT2D eigenvalue weighted by Gasteiger charge is 2.51. The van der Waals surface area contributed by atoms with Crippen molar-refractivity contribution in [2.75, 3.05) is 13.2 Å². The first-order valence-electron chi connectivity index (χ1n) is 12.5. The molecule has 0 saturated carbocycles. The van der Waals surface area contributed by atoms with Crippen molar-refractivity contribution in [2.24, 2.45) is 0 Å². The second-order valence-electron chi connectivity index (χ2n) is 8.66. The van der Waals surface area contributed by atoms with E-state index in [4.69, 9.17) is 23.7 Å². The molecule has 0 N–H and O–H groups in total. The topological polar surface area (TPSA) is 114 Å². The lowest BCUT2D eigenvalue weighted by atomic mass is 10.0. The zero-order valence-corrected chi connectivity index (χ0v) is 21.3. The van der Waals surface area contributed by atoms with Gasteiger partial charge in [0.1, 0.15) is 18.8 Å². The van der Waals surface area contributed by atoms with Gasteiger partial charge in [0.05, 0.1) is 29.7 Å². The van der Waals surface area contributed by atoms with E-state index in [1.54, 1.807) is 97.9 Å². The molecule has 0 bridgehead atoms. The van der Waals surface area contributed by atoms with Gasteiger partial charge in [0.25, 0.3) is 0 Å². The van der Waals surface area contributed by atoms with Gasteiger partial charge in [0.2, 0.25) is 0 Å². The van der Waals surface area contributed by atoms with Gasteiger partial charge in [-0.05, 0) is 43.3 Å². The molecule has 3 aromatic rings. The first-order chi connectivity index (χ1) is 19.0. The molecule has 9 nitrogen and oxygen atoms in total. The number of carbonyl (C=O) groups is 4. The van der Waals surface area contributed by atoms with Crippen LogP contribution in [0.4, 0.5) is 0 Å². The van der Waals surface area contributed by atoms with Crippen LogP contribution in [0.15, 0.2) is 91.0 Å². The maximum Gasteiger partial charge on any atom is 0.338 e. The summed E-state index contributed by atoms with van der Waals surface area (Å²) in [7, 11) is 0. The van der Waals surface area contributed by atoms with Crippen LogP contribution in [-0.4, -0.2) is 61.5 Å². The van der Waals surface area contributed by atoms with Crippen LogP contribution in [0.5, 0.6) is 0 Å². The van der Waals surface area contributed by atoms with Crippen LogP contribution in [0.3, 0.4) is 0 Å². The van der Waals surface area contributed by atoms with Crippen molar-refractivity contribution in [1.82, 2.24) is 0 Å². The predicted molar refractivity (Wildman–Crippen MR) is 138 cm³/mol. The number of esters is 4. The molecule has 1 aliphatic heterocycles. The zero-order chi connectivity index (χ0) is 27.6. The van der Waals surface area contributed by atoms with Crippen LogP contribution >= 0.6 is 0 Å². The van der Waals surface area contributed by atoms with E-state index in [1.165, 1.54) is 0 Å². The van der Waals surface area contributed by atoms with Crippen LogP contribution < -0.4 is 0 Å². The number of rotatable bonds is 10. The quantitative estimate of drug-likeness (QED) is 0.282. The van der Waals surface area contributed by atoms with Gasteiger partial charge >= 0.3 is 23.9 Å². The van der Waals surface area contributed by atoms with E-state index < -0.39 is 48.3 Å². The molecule has 4 rings (SSSR count). The molecule has 9 heteroatoms. The highest BCUT2D eigenvalue weighted by atomic mass is 16.7. The van der Waals surface area contributed by atoms with Gasteiger partial charge in [-0.25, -0.2) is 14.4 Å². The third-order valence-corrected chi connectivity index (χ3v) is 5.97. The first kappa shape index (κ1) is 27.5. The Hall–Kier alpha value is -4.50. The number of hydrogen-bond acceptors (Lipinski definition) is 9. The number of ether oxygens (including phenoxy) is 5. The van der Waals surface area contributed by atoms with Crippen molar-refractivity contribution in [3.63, 3.8) is 0 Å². The van der Waals surface area contributed by atoms with Gasteiger partial charge in [0.15, 0.2) is 12.2 Å². The first-order valence-corrected chi connectivity index (χ1v) is 12.5. The third kappa shape index (κ3) is 7.30. The van der Waals surface area contributed by atoms with Crippen molar-refractivity contribution < 1.29 is 42.9 Å². The fraction of sp³-hybridized carbons (Fsp3) is 0.267.